The fraction of sp³-hybridized carbons (Fsp3) is 0.143. The van der Waals surface area contributed by atoms with Crippen molar-refractivity contribution in [2.24, 2.45) is 14.1 Å². The fourth-order valence-electron chi connectivity index (χ4n) is 4.43. The van der Waals surface area contributed by atoms with E-state index in [9.17, 15) is 50.0 Å². The van der Waals surface area contributed by atoms with Gasteiger partial charge in [-0.25, -0.2) is 39.8 Å². The van der Waals surface area contributed by atoms with Gasteiger partial charge in [0.25, 0.3) is 11.2 Å². The molecule has 0 saturated heterocycles. The van der Waals surface area contributed by atoms with Crippen molar-refractivity contribution in [2.75, 3.05) is 0 Å². The molecule has 0 saturated carbocycles. The predicted octanol–water partition coefficient (Wildman–Crippen LogP) is 6.90. The maximum Gasteiger partial charge on any atom is 0.275 e. The Morgan fingerprint density at radius 2 is 1.18 bits per heavy atom. The lowest BCUT2D eigenvalue weighted by molar-refractivity contribution is -0.385. The van der Waals surface area contributed by atoms with E-state index in [1.54, 1.807) is 0 Å². The number of H-pyrrole nitrogens is 1. The summed E-state index contributed by atoms with van der Waals surface area (Å²) in [5, 5.41) is 17.2. The van der Waals surface area contributed by atoms with Crippen molar-refractivity contribution < 1.29 is 44.8 Å². The fourth-order valence-corrected chi connectivity index (χ4v) is 4.43. The van der Waals surface area contributed by atoms with E-state index in [1.807, 2.05) is 0 Å². The first-order valence-corrected chi connectivity index (χ1v) is 12.4. The number of ether oxygens (including phenoxy) is 1. The average Bonchev–Trinajstić information content (AvgIpc) is 3.33. The molecule has 3 aromatic carbocycles. The molecule has 0 fully saturated rings. The highest BCUT2D eigenvalue weighted by Crippen LogP contribution is 2.40. The Balaban J connectivity index is 0.000000231. The zero-order chi connectivity index (χ0) is 33.5. The summed E-state index contributed by atoms with van der Waals surface area (Å²) in [7, 11) is 2.71. The van der Waals surface area contributed by atoms with Gasteiger partial charge in [-0.2, -0.15) is 5.10 Å². The van der Waals surface area contributed by atoms with Crippen LogP contribution in [-0.4, -0.2) is 24.5 Å². The number of aromatic nitrogens is 4. The van der Waals surface area contributed by atoms with Gasteiger partial charge in [-0.15, -0.1) is 0 Å². The molecule has 0 aliphatic rings. The molecule has 236 valence electrons. The van der Waals surface area contributed by atoms with Crippen LogP contribution in [0.4, 0.5) is 40.8 Å². The predicted molar refractivity (Wildman–Crippen MR) is 142 cm³/mol. The maximum absolute atomic E-state index is 14.2. The zero-order valence-electron chi connectivity index (χ0n) is 23.4. The van der Waals surface area contributed by atoms with Gasteiger partial charge in [0.2, 0.25) is 11.6 Å². The molecule has 0 unspecified atom stereocenters. The summed E-state index contributed by atoms with van der Waals surface area (Å²) in [6.45, 7) is 2.87. The molecule has 0 aliphatic heterocycles. The summed E-state index contributed by atoms with van der Waals surface area (Å²) in [5.41, 5.74) is -2.69. The Morgan fingerprint density at radius 3 is 1.58 bits per heavy atom. The number of rotatable bonds is 5. The Bertz CT molecular complexity index is 1970. The van der Waals surface area contributed by atoms with Crippen molar-refractivity contribution in [1.82, 2.24) is 19.6 Å². The number of nitrogens with one attached hydrogen (secondary N) is 1. The van der Waals surface area contributed by atoms with Crippen LogP contribution in [-0.2, 0) is 14.1 Å². The Labute approximate surface area is 247 Å². The van der Waals surface area contributed by atoms with Gasteiger partial charge < -0.3 is 4.74 Å². The highest BCUT2D eigenvalue weighted by Gasteiger charge is 2.27. The van der Waals surface area contributed by atoms with Gasteiger partial charge in [-0.3, -0.25) is 24.7 Å². The number of nitro groups is 1. The first kappa shape index (κ1) is 32.4. The van der Waals surface area contributed by atoms with Gasteiger partial charge in [-0.1, -0.05) is 0 Å². The van der Waals surface area contributed by atoms with Crippen molar-refractivity contribution in [3.05, 3.63) is 115 Å². The lowest BCUT2D eigenvalue weighted by Crippen LogP contribution is -2.14. The number of benzene rings is 3. The van der Waals surface area contributed by atoms with Crippen LogP contribution in [0.3, 0.4) is 0 Å². The largest absolute Gasteiger partial charge is 0.432 e. The van der Waals surface area contributed by atoms with E-state index in [4.69, 9.17) is 4.74 Å². The smallest absolute Gasteiger partial charge is 0.275 e. The molecule has 1 N–H and O–H groups in total. The maximum atomic E-state index is 14.2. The number of halogens is 8. The van der Waals surface area contributed by atoms with Gasteiger partial charge >= 0.3 is 0 Å². The molecule has 5 aromatic rings. The number of aromatic amines is 1. The summed E-state index contributed by atoms with van der Waals surface area (Å²) in [5.74, 6) is -11.2. The Hall–Kier alpha value is -5.48. The molecule has 0 radical (unpaired) electrons. The highest BCUT2D eigenvalue weighted by atomic mass is 19.2. The van der Waals surface area contributed by atoms with Crippen LogP contribution in [0.1, 0.15) is 11.4 Å². The number of nitro benzene ring substituents is 1. The number of hydrogen-bond donors (Lipinski definition) is 1. The standard InChI is InChI=1S/C17H10F5N3O3.C11H9F3N2O/c1-7-14(15-10(19)3-8(18)4-11(15)20)17(24(2)23-7)28-16-12(21)5-9(25(26)27)6-13(16)22;1-5-9(11(17)16(2)15-5)10-7(13)3-6(12)4-8(10)14/h3-6H,1-2H3;3-4,15H,1-2H3. The van der Waals surface area contributed by atoms with Crippen LogP contribution in [0.15, 0.2) is 41.2 Å². The van der Waals surface area contributed by atoms with E-state index in [-0.39, 0.29) is 16.8 Å². The van der Waals surface area contributed by atoms with E-state index in [2.05, 4.69) is 10.2 Å². The van der Waals surface area contributed by atoms with Crippen LogP contribution in [0.5, 0.6) is 11.6 Å². The third-order valence-electron chi connectivity index (χ3n) is 6.30. The summed E-state index contributed by atoms with van der Waals surface area (Å²) >= 11 is 0. The second-order valence-electron chi connectivity index (χ2n) is 9.45. The minimum absolute atomic E-state index is 0.0321. The number of non-ortho nitro benzene ring substituents is 1. The molecule has 17 heteroatoms. The monoisotopic (exact) mass is 641 g/mol. The van der Waals surface area contributed by atoms with E-state index in [0.717, 1.165) is 9.36 Å². The van der Waals surface area contributed by atoms with E-state index < -0.39 is 85.5 Å². The van der Waals surface area contributed by atoms with Crippen molar-refractivity contribution in [2.45, 2.75) is 13.8 Å². The normalized spacial score (nSPS) is 10.9. The lowest BCUT2D eigenvalue weighted by Gasteiger charge is -2.12. The molecule has 0 aliphatic carbocycles. The average molecular weight is 641 g/mol. The van der Waals surface area contributed by atoms with E-state index in [0.29, 0.717) is 42.1 Å². The number of aryl methyl sites for hydroxylation is 4. The van der Waals surface area contributed by atoms with Crippen molar-refractivity contribution in [3.63, 3.8) is 0 Å². The minimum atomic E-state index is -1.41. The van der Waals surface area contributed by atoms with Gasteiger partial charge in [0.1, 0.15) is 34.9 Å². The van der Waals surface area contributed by atoms with Crippen molar-refractivity contribution in [3.8, 4) is 33.9 Å². The summed E-state index contributed by atoms with van der Waals surface area (Å²) < 4.78 is 117. The quantitative estimate of drug-likeness (QED) is 0.128. The summed E-state index contributed by atoms with van der Waals surface area (Å²) in [6, 6.07) is 2.82. The molecule has 45 heavy (non-hydrogen) atoms. The molecule has 2 aromatic heterocycles. The first-order chi connectivity index (χ1) is 21.0. The topological polar surface area (TPSA) is 108 Å². The highest BCUT2D eigenvalue weighted by molar-refractivity contribution is 5.73. The van der Waals surface area contributed by atoms with Gasteiger partial charge in [0.15, 0.2) is 11.6 Å². The lowest BCUT2D eigenvalue weighted by atomic mass is 10.0. The van der Waals surface area contributed by atoms with Crippen LogP contribution in [0.25, 0.3) is 22.3 Å². The SMILES string of the molecule is Cc1[nH]n(C)c(=O)c1-c1c(F)cc(F)cc1F.Cc1nn(C)c(Oc2c(F)cc([N+](=O)[O-])cc2F)c1-c1c(F)cc(F)cc1F. The minimum Gasteiger partial charge on any atom is -0.432 e. The molecular formula is C28H19F8N5O4. The van der Waals surface area contributed by atoms with Crippen molar-refractivity contribution >= 4 is 5.69 Å². The summed E-state index contributed by atoms with van der Waals surface area (Å²) in [6.07, 6.45) is 0. The number of nitrogens with zero attached hydrogens (tertiary/aromatic N) is 4. The first-order valence-electron chi connectivity index (χ1n) is 12.4. The van der Waals surface area contributed by atoms with Crippen LogP contribution in [0.2, 0.25) is 0 Å². The van der Waals surface area contributed by atoms with Crippen molar-refractivity contribution in [1.29, 1.82) is 0 Å². The second-order valence-corrected chi connectivity index (χ2v) is 9.45. The molecular weight excluding hydrogens is 622 g/mol. The van der Waals surface area contributed by atoms with E-state index in [1.165, 1.54) is 27.9 Å². The molecule has 2 heterocycles. The molecule has 5 rings (SSSR count). The van der Waals surface area contributed by atoms with Gasteiger partial charge in [0.05, 0.1) is 45.0 Å². The molecule has 0 spiro atoms. The Kier molecular flexibility index (Phi) is 8.83. The van der Waals surface area contributed by atoms with Crippen LogP contribution in [0, 0.1) is 70.5 Å². The third kappa shape index (κ3) is 6.27. The Morgan fingerprint density at radius 1 is 0.733 bits per heavy atom. The van der Waals surface area contributed by atoms with Crippen LogP contribution < -0.4 is 10.3 Å². The second kappa shape index (κ2) is 12.3. The number of hydrogen-bond acceptors (Lipinski definition) is 5. The zero-order valence-corrected chi connectivity index (χ0v) is 23.4. The van der Waals surface area contributed by atoms with Gasteiger partial charge in [-0.05, 0) is 13.8 Å². The molecule has 0 amide bonds. The third-order valence-corrected chi connectivity index (χ3v) is 6.30. The van der Waals surface area contributed by atoms with Crippen LogP contribution >= 0.6 is 0 Å². The van der Waals surface area contributed by atoms with Gasteiger partial charge in [0, 0.05) is 44.1 Å². The van der Waals surface area contributed by atoms with E-state index >= 15 is 0 Å². The molecule has 9 nitrogen and oxygen atoms in total. The summed E-state index contributed by atoms with van der Waals surface area (Å²) in [4.78, 5) is 21.4. The molecule has 0 bridgehead atoms. The molecule has 0 atom stereocenters.